The predicted octanol–water partition coefficient (Wildman–Crippen LogP) is 0.373. The highest BCUT2D eigenvalue weighted by Gasteiger charge is 2.51. The molecule has 1 amide bonds. The van der Waals surface area contributed by atoms with Gasteiger partial charge in [0.15, 0.2) is 0 Å². The molecule has 0 aromatic heterocycles. The summed E-state index contributed by atoms with van der Waals surface area (Å²) < 4.78 is 5.65. The molecule has 0 bridgehead atoms. The lowest BCUT2D eigenvalue weighted by Gasteiger charge is -2.57. The number of hydrogen-bond donors (Lipinski definition) is 1. The first kappa shape index (κ1) is 10.9. The Hall–Kier alpha value is -0.610. The van der Waals surface area contributed by atoms with Crippen molar-refractivity contribution in [2.75, 3.05) is 13.1 Å². The first-order chi connectivity index (χ1) is 6.92. The van der Waals surface area contributed by atoms with Crippen molar-refractivity contribution < 1.29 is 9.53 Å². The van der Waals surface area contributed by atoms with E-state index in [-0.39, 0.29) is 12.0 Å². The molecule has 15 heavy (non-hydrogen) atoms. The van der Waals surface area contributed by atoms with Crippen LogP contribution in [0.4, 0.5) is 0 Å². The van der Waals surface area contributed by atoms with Gasteiger partial charge >= 0.3 is 0 Å². The van der Waals surface area contributed by atoms with Crippen molar-refractivity contribution in [2.45, 2.75) is 51.5 Å². The molecular formula is C11H20N2O2. The van der Waals surface area contributed by atoms with Crippen LogP contribution in [-0.2, 0) is 9.53 Å². The molecule has 86 valence electrons. The Balaban J connectivity index is 1.94. The van der Waals surface area contributed by atoms with E-state index in [0.29, 0.717) is 12.1 Å². The molecule has 2 fully saturated rings. The van der Waals surface area contributed by atoms with Crippen LogP contribution in [0.25, 0.3) is 0 Å². The van der Waals surface area contributed by atoms with Crippen LogP contribution in [0.3, 0.4) is 0 Å². The van der Waals surface area contributed by atoms with Gasteiger partial charge in [0, 0.05) is 19.1 Å². The monoisotopic (exact) mass is 212 g/mol. The molecular weight excluding hydrogens is 192 g/mol. The summed E-state index contributed by atoms with van der Waals surface area (Å²) in [6.45, 7) is 9.41. The SMILES string of the molecule is CC(C)OC(C)(C)C(=O)N1CC2NCC21. The van der Waals surface area contributed by atoms with Crippen molar-refractivity contribution in [3.63, 3.8) is 0 Å². The zero-order valence-electron chi connectivity index (χ0n) is 9.91. The normalized spacial score (nSPS) is 29.5. The summed E-state index contributed by atoms with van der Waals surface area (Å²) >= 11 is 0. The topological polar surface area (TPSA) is 41.6 Å². The van der Waals surface area contributed by atoms with Gasteiger partial charge in [-0.1, -0.05) is 0 Å². The van der Waals surface area contributed by atoms with Gasteiger partial charge in [0.1, 0.15) is 5.60 Å². The Morgan fingerprint density at radius 2 is 2.20 bits per heavy atom. The van der Waals surface area contributed by atoms with Crippen LogP contribution in [0, 0.1) is 0 Å². The van der Waals surface area contributed by atoms with E-state index in [1.807, 2.05) is 32.6 Å². The summed E-state index contributed by atoms with van der Waals surface area (Å²) in [6.07, 6.45) is 0.0838. The number of piperazine rings is 1. The molecule has 2 saturated heterocycles. The predicted molar refractivity (Wildman–Crippen MR) is 57.6 cm³/mol. The molecule has 1 N–H and O–H groups in total. The number of nitrogens with one attached hydrogen (secondary N) is 1. The fourth-order valence-electron chi connectivity index (χ4n) is 2.33. The molecule has 4 nitrogen and oxygen atoms in total. The Labute approximate surface area is 91.0 Å². The lowest BCUT2D eigenvalue weighted by Crippen LogP contribution is -2.80. The summed E-state index contributed by atoms with van der Waals surface area (Å²) in [7, 11) is 0. The minimum absolute atomic E-state index is 0.0838. The van der Waals surface area contributed by atoms with Gasteiger partial charge in [-0.2, -0.15) is 0 Å². The standard InChI is InChI=1S/C11H20N2O2/c1-7(2)15-11(3,4)10(14)13-6-8-9(13)5-12-8/h7-9,12H,5-6H2,1-4H3. The molecule has 2 aliphatic heterocycles. The fourth-order valence-corrected chi connectivity index (χ4v) is 2.33. The lowest BCUT2D eigenvalue weighted by atomic mass is 9.87. The third-order valence-corrected chi connectivity index (χ3v) is 3.15. The minimum atomic E-state index is -0.686. The molecule has 2 aliphatic rings. The summed E-state index contributed by atoms with van der Waals surface area (Å²) in [6, 6.07) is 0.969. The zero-order chi connectivity index (χ0) is 11.2. The van der Waals surface area contributed by atoms with E-state index in [9.17, 15) is 4.79 Å². The van der Waals surface area contributed by atoms with Gasteiger partial charge in [-0.05, 0) is 27.7 Å². The average Bonchev–Trinajstić information content (AvgIpc) is 2.06. The first-order valence-electron chi connectivity index (χ1n) is 5.64. The quantitative estimate of drug-likeness (QED) is 0.735. The molecule has 0 radical (unpaired) electrons. The number of ether oxygens (including phenoxy) is 1. The zero-order valence-corrected chi connectivity index (χ0v) is 9.91. The van der Waals surface area contributed by atoms with Gasteiger partial charge in [0.25, 0.3) is 5.91 Å². The smallest absolute Gasteiger partial charge is 0.254 e. The second-order valence-corrected chi connectivity index (χ2v) is 5.22. The maximum absolute atomic E-state index is 12.1. The number of carbonyl (C=O) groups excluding carboxylic acids is 1. The highest BCUT2D eigenvalue weighted by Crippen LogP contribution is 2.28. The Morgan fingerprint density at radius 1 is 1.53 bits per heavy atom. The number of hydrogen-bond acceptors (Lipinski definition) is 3. The number of amides is 1. The highest BCUT2D eigenvalue weighted by molar-refractivity contribution is 5.86. The van der Waals surface area contributed by atoms with Crippen molar-refractivity contribution in [2.24, 2.45) is 0 Å². The summed E-state index contributed by atoms with van der Waals surface area (Å²) in [5, 5.41) is 3.29. The van der Waals surface area contributed by atoms with E-state index in [4.69, 9.17) is 4.74 Å². The fraction of sp³-hybridized carbons (Fsp3) is 0.909. The van der Waals surface area contributed by atoms with E-state index < -0.39 is 5.60 Å². The maximum atomic E-state index is 12.1. The number of fused-ring (bicyclic) bond motifs is 1. The largest absolute Gasteiger partial charge is 0.363 e. The van der Waals surface area contributed by atoms with E-state index in [1.165, 1.54) is 0 Å². The molecule has 2 unspecified atom stereocenters. The molecule has 0 saturated carbocycles. The van der Waals surface area contributed by atoms with Crippen LogP contribution >= 0.6 is 0 Å². The third-order valence-electron chi connectivity index (χ3n) is 3.15. The number of nitrogens with zero attached hydrogens (tertiary/aromatic N) is 1. The Bertz CT molecular complexity index is 276. The molecule has 2 rings (SSSR count). The summed E-state index contributed by atoms with van der Waals surface area (Å²) in [5.74, 6) is 0.124. The summed E-state index contributed by atoms with van der Waals surface area (Å²) in [4.78, 5) is 14.1. The van der Waals surface area contributed by atoms with Crippen molar-refractivity contribution in [3.05, 3.63) is 0 Å². The number of carbonyl (C=O) groups is 1. The van der Waals surface area contributed by atoms with Crippen molar-refractivity contribution in [3.8, 4) is 0 Å². The van der Waals surface area contributed by atoms with Gasteiger partial charge in [0.05, 0.1) is 12.1 Å². The third kappa shape index (κ3) is 1.76. The van der Waals surface area contributed by atoms with Gasteiger partial charge in [-0.3, -0.25) is 4.79 Å². The minimum Gasteiger partial charge on any atom is -0.363 e. The van der Waals surface area contributed by atoms with Crippen molar-refractivity contribution in [1.29, 1.82) is 0 Å². The van der Waals surface area contributed by atoms with E-state index in [1.54, 1.807) is 0 Å². The maximum Gasteiger partial charge on any atom is 0.254 e. The van der Waals surface area contributed by atoms with Crippen LogP contribution in [0.2, 0.25) is 0 Å². The van der Waals surface area contributed by atoms with Crippen molar-refractivity contribution >= 4 is 5.91 Å². The lowest BCUT2D eigenvalue weighted by molar-refractivity contribution is -0.173. The second kappa shape index (κ2) is 3.46. The highest BCUT2D eigenvalue weighted by atomic mass is 16.5. The van der Waals surface area contributed by atoms with E-state index in [2.05, 4.69) is 5.32 Å². The van der Waals surface area contributed by atoms with Crippen LogP contribution in [0.15, 0.2) is 0 Å². The summed E-state index contributed by atoms with van der Waals surface area (Å²) in [5.41, 5.74) is -0.686. The van der Waals surface area contributed by atoms with Gasteiger partial charge in [-0.15, -0.1) is 0 Å². The van der Waals surface area contributed by atoms with Crippen molar-refractivity contribution in [1.82, 2.24) is 10.2 Å². The molecule has 2 heterocycles. The van der Waals surface area contributed by atoms with Crippen LogP contribution < -0.4 is 5.32 Å². The molecule has 0 aromatic carbocycles. The molecule has 0 spiro atoms. The van der Waals surface area contributed by atoms with Crippen LogP contribution in [0.1, 0.15) is 27.7 Å². The first-order valence-corrected chi connectivity index (χ1v) is 5.64. The van der Waals surface area contributed by atoms with E-state index >= 15 is 0 Å². The van der Waals surface area contributed by atoms with Gasteiger partial charge in [0.2, 0.25) is 0 Å². The van der Waals surface area contributed by atoms with Gasteiger partial charge < -0.3 is 15.0 Å². The number of rotatable bonds is 3. The molecule has 4 heteroatoms. The van der Waals surface area contributed by atoms with Crippen LogP contribution in [0.5, 0.6) is 0 Å². The van der Waals surface area contributed by atoms with Gasteiger partial charge in [-0.25, -0.2) is 0 Å². The average molecular weight is 212 g/mol. The number of likely N-dealkylation sites (tertiary alicyclic amines) is 1. The molecule has 0 aromatic rings. The Kier molecular flexibility index (Phi) is 2.51. The molecule has 0 aliphatic carbocycles. The van der Waals surface area contributed by atoms with Crippen LogP contribution in [-0.4, -0.2) is 47.7 Å². The van der Waals surface area contributed by atoms with E-state index in [0.717, 1.165) is 13.1 Å². The molecule has 2 atom stereocenters. The Morgan fingerprint density at radius 3 is 2.53 bits per heavy atom. The second-order valence-electron chi connectivity index (χ2n) is 5.22.